The van der Waals surface area contributed by atoms with Crippen molar-refractivity contribution in [2.75, 3.05) is 18.5 Å². The van der Waals surface area contributed by atoms with Crippen LogP contribution in [0.25, 0.3) is 0 Å². The fourth-order valence-electron chi connectivity index (χ4n) is 2.89. The Morgan fingerprint density at radius 3 is 2.91 bits per heavy atom. The summed E-state index contributed by atoms with van der Waals surface area (Å²) in [6, 6.07) is 9.23. The summed E-state index contributed by atoms with van der Waals surface area (Å²) in [4.78, 5) is 14.2. The molecule has 2 aromatic rings. The summed E-state index contributed by atoms with van der Waals surface area (Å²) in [6.45, 7) is 2.42. The second-order valence-electron chi connectivity index (χ2n) is 5.57. The van der Waals surface area contributed by atoms with E-state index in [1.807, 2.05) is 38.2 Å². The number of carbonyl (C=O) groups is 1. The minimum atomic E-state index is -0.310. The highest BCUT2D eigenvalue weighted by molar-refractivity contribution is 5.89. The van der Waals surface area contributed by atoms with Gasteiger partial charge in [0.25, 0.3) is 0 Å². The van der Waals surface area contributed by atoms with Gasteiger partial charge < -0.3 is 10.0 Å². The highest BCUT2D eigenvalue weighted by Crippen LogP contribution is 2.29. The molecule has 1 aromatic carbocycles. The smallest absolute Gasteiger partial charge is 0.323 e. The normalized spacial score (nSPS) is 17.2. The lowest BCUT2D eigenvalue weighted by atomic mass is 9.93. The van der Waals surface area contributed by atoms with Gasteiger partial charge in [-0.3, -0.25) is 10.00 Å². The van der Waals surface area contributed by atoms with Gasteiger partial charge in [0, 0.05) is 25.4 Å². The Morgan fingerprint density at radius 2 is 2.23 bits per heavy atom. The third-order valence-electron chi connectivity index (χ3n) is 4.19. The summed E-state index contributed by atoms with van der Waals surface area (Å²) in [5, 5.41) is 16.8. The highest BCUT2D eigenvalue weighted by atomic mass is 16.3. The molecule has 0 saturated carbocycles. The maximum atomic E-state index is 12.5. The Morgan fingerprint density at radius 1 is 1.45 bits per heavy atom. The maximum absolute atomic E-state index is 12.5. The molecule has 6 heteroatoms. The van der Waals surface area contributed by atoms with E-state index in [-0.39, 0.29) is 18.7 Å². The number of aliphatic hydroxyl groups is 1. The van der Waals surface area contributed by atoms with Crippen molar-refractivity contribution in [1.82, 2.24) is 14.7 Å². The minimum absolute atomic E-state index is 0.0916. The van der Waals surface area contributed by atoms with E-state index in [9.17, 15) is 9.90 Å². The van der Waals surface area contributed by atoms with Gasteiger partial charge in [-0.15, -0.1) is 0 Å². The summed E-state index contributed by atoms with van der Waals surface area (Å²) >= 11 is 0. The van der Waals surface area contributed by atoms with Gasteiger partial charge in [0.05, 0.1) is 12.6 Å². The number of hydrogen-bond donors (Lipinski definition) is 2. The second kappa shape index (κ2) is 5.81. The molecule has 2 amide bonds. The number of rotatable bonds is 2. The molecule has 0 aliphatic carbocycles. The van der Waals surface area contributed by atoms with E-state index in [0.717, 1.165) is 17.7 Å². The zero-order valence-electron chi connectivity index (χ0n) is 12.8. The van der Waals surface area contributed by atoms with E-state index in [1.54, 1.807) is 9.58 Å². The number of urea groups is 1. The molecule has 3 rings (SSSR count). The number of aryl methyl sites for hydroxylation is 2. The monoisotopic (exact) mass is 300 g/mol. The molecule has 2 N–H and O–H groups in total. The molecule has 1 unspecified atom stereocenters. The summed E-state index contributed by atoms with van der Waals surface area (Å²) in [5.74, 6) is 0.528. The number of carbonyl (C=O) groups excluding carboxylic acids is 1. The van der Waals surface area contributed by atoms with Crippen LogP contribution in [0.3, 0.4) is 0 Å². The van der Waals surface area contributed by atoms with Crippen LogP contribution in [0.5, 0.6) is 0 Å². The number of hydrogen-bond acceptors (Lipinski definition) is 3. The van der Waals surface area contributed by atoms with Gasteiger partial charge >= 0.3 is 6.03 Å². The van der Waals surface area contributed by atoms with Gasteiger partial charge in [-0.2, -0.15) is 5.10 Å². The summed E-state index contributed by atoms with van der Waals surface area (Å²) in [6.07, 6.45) is 0.793. The van der Waals surface area contributed by atoms with Crippen LogP contribution in [0, 0.1) is 6.92 Å². The highest BCUT2D eigenvalue weighted by Gasteiger charge is 2.30. The van der Waals surface area contributed by atoms with E-state index in [4.69, 9.17) is 0 Å². The zero-order chi connectivity index (χ0) is 15.7. The van der Waals surface area contributed by atoms with Crippen molar-refractivity contribution in [2.24, 2.45) is 7.05 Å². The Kier molecular flexibility index (Phi) is 3.85. The van der Waals surface area contributed by atoms with Crippen molar-refractivity contribution in [2.45, 2.75) is 19.4 Å². The van der Waals surface area contributed by atoms with E-state index in [1.165, 1.54) is 5.56 Å². The molecular weight excluding hydrogens is 280 g/mol. The molecule has 2 heterocycles. The van der Waals surface area contributed by atoms with Crippen molar-refractivity contribution in [1.29, 1.82) is 0 Å². The molecule has 0 spiro atoms. The number of fused-ring (bicyclic) bond motifs is 1. The van der Waals surface area contributed by atoms with Gasteiger partial charge in [-0.25, -0.2) is 4.79 Å². The zero-order valence-corrected chi connectivity index (χ0v) is 12.8. The number of benzene rings is 1. The molecule has 1 aliphatic heterocycles. The van der Waals surface area contributed by atoms with Crippen LogP contribution < -0.4 is 5.32 Å². The SMILES string of the molecule is Cc1cc(NC(=O)N2CCc3ccccc3C2CO)nn1C. The molecule has 22 heavy (non-hydrogen) atoms. The van der Waals surface area contributed by atoms with E-state index in [2.05, 4.69) is 16.5 Å². The van der Waals surface area contributed by atoms with E-state index in [0.29, 0.717) is 12.4 Å². The topological polar surface area (TPSA) is 70.4 Å². The predicted octanol–water partition coefficient (Wildman–Crippen LogP) is 1.85. The molecule has 0 radical (unpaired) electrons. The fraction of sp³-hybridized carbons (Fsp3) is 0.375. The van der Waals surface area contributed by atoms with Gasteiger partial charge in [-0.05, 0) is 24.5 Å². The average molecular weight is 300 g/mol. The third kappa shape index (κ3) is 2.57. The fourth-order valence-corrected chi connectivity index (χ4v) is 2.89. The van der Waals surface area contributed by atoms with Crippen LogP contribution in [0.4, 0.5) is 10.6 Å². The summed E-state index contributed by atoms with van der Waals surface area (Å²) in [7, 11) is 1.83. The van der Waals surface area contributed by atoms with Gasteiger partial charge in [-0.1, -0.05) is 24.3 Å². The second-order valence-corrected chi connectivity index (χ2v) is 5.57. The van der Waals surface area contributed by atoms with Crippen molar-refractivity contribution in [3.63, 3.8) is 0 Å². The molecule has 6 nitrogen and oxygen atoms in total. The Balaban J connectivity index is 1.80. The van der Waals surface area contributed by atoms with Crippen LogP contribution >= 0.6 is 0 Å². The van der Waals surface area contributed by atoms with Crippen LogP contribution in [0.2, 0.25) is 0 Å². The van der Waals surface area contributed by atoms with Crippen molar-refractivity contribution in [3.05, 3.63) is 47.2 Å². The first kappa shape index (κ1) is 14.6. The summed E-state index contributed by atoms with van der Waals surface area (Å²) < 4.78 is 1.71. The Hall–Kier alpha value is -2.34. The van der Waals surface area contributed by atoms with Crippen molar-refractivity contribution < 1.29 is 9.90 Å². The quantitative estimate of drug-likeness (QED) is 0.889. The Bertz CT molecular complexity index is 676. The molecule has 1 aromatic heterocycles. The Labute approximate surface area is 129 Å². The van der Waals surface area contributed by atoms with Crippen LogP contribution in [-0.2, 0) is 13.5 Å². The molecule has 0 bridgehead atoms. The third-order valence-corrected chi connectivity index (χ3v) is 4.19. The standard InChI is InChI=1S/C16H20N4O2/c1-11-9-15(18-19(11)2)17-16(22)20-8-7-12-5-3-4-6-13(12)14(20)10-21/h3-6,9,14,21H,7-8,10H2,1-2H3,(H,17,18,22). The van der Waals surface area contributed by atoms with Gasteiger partial charge in [0.1, 0.15) is 0 Å². The number of amides is 2. The lowest BCUT2D eigenvalue weighted by Gasteiger charge is -2.36. The van der Waals surface area contributed by atoms with Gasteiger partial charge in [0.15, 0.2) is 5.82 Å². The largest absolute Gasteiger partial charge is 0.394 e. The van der Waals surface area contributed by atoms with Crippen LogP contribution in [-0.4, -0.2) is 39.0 Å². The average Bonchev–Trinajstić information content (AvgIpc) is 2.83. The van der Waals surface area contributed by atoms with Crippen molar-refractivity contribution >= 4 is 11.8 Å². The molecular formula is C16H20N4O2. The van der Waals surface area contributed by atoms with Crippen LogP contribution in [0.15, 0.2) is 30.3 Å². The lowest BCUT2D eigenvalue weighted by molar-refractivity contribution is 0.135. The molecule has 1 atom stereocenters. The molecule has 0 saturated heterocycles. The predicted molar refractivity (Wildman–Crippen MR) is 83.6 cm³/mol. The first-order chi connectivity index (χ1) is 10.6. The number of nitrogens with zero attached hydrogens (tertiary/aromatic N) is 3. The van der Waals surface area contributed by atoms with Gasteiger partial charge in [0.2, 0.25) is 0 Å². The van der Waals surface area contributed by atoms with Crippen LogP contribution in [0.1, 0.15) is 22.9 Å². The molecule has 116 valence electrons. The molecule has 1 aliphatic rings. The van der Waals surface area contributed by atoms with E-state index >= 15 is 0 Å². The number of anilines is 1. The lowest BCUT2D eigenvalue weighted by Crippen LogP contribution is -2.43. The van der Waals surface area contributed by atoms with Crippen molar-refractivity contribution in [3.8, 4) is 0 Å². The first-order valence-electron chi connectivity index (χ1n) is 7.37. The molecule has 0 fully saturated rings. The first-order valence-corrected chi connectivity index (χ1v) is 7.37. The maximum Gasteiger partial charge on any atom is 0.323 e. The number of aromatic nitrogens is 2. The number of nitrogens with one attached hydrogen (secondary N) is 1. The summed E-state index contributed by atoms with van der Waals surface area (Å²) in [5.41, 5.74) is 3.18. The van der Waals surface area contributed by atoms with E-state index < -0.39 is 0 Å². The number of aliphatic hydroxyl groups excluding tert-OH is 1. The minimum Gasteiger partial charge on any atom is -0.394 e.